The van der Waals surface area contributed by atoms with Crippen molar-refractivity contribution in [1.82, 2.24) is 9.88 Å². The fourth-order valence-electron chi connectivity index (χ4n) is 4.64. The average molecular weight is 432 g/mol. The lowest BCUT2D eigenvalue weighted by molar-refractivity contribution is -0.127. The van der Waals surface area contributed by atoms with E-state index in [1.807, 2.05) is 36.4 Å². The molecule has 1 unspecified atom stereocenters. The maximum absolute atomic E-state index is 12.6. The van der Waals surface area contributed by atoms with E-state index in [1.54, 1.807) is 26.6 Å². The molecule has 1 aliphatic rings. The van der Waals surface area contributed by atoms with Gasteiger partial charge in [0, 0.05) is 31.0 Å². The van der Waals surface area contributed by atoms with Crippen molar-refractivity contribution in [2.45, 2.75) is 19.4 Å². The molecule has 32 heavy (non-hydrogen) atoms. The predicted octanol–water partition coefficient (Wildman–Crippen LogP) is 3.69. The van der Waals surface area contributed by atoms with Crippen molar-refractivity contribution in [2.24, 2.45) is 11.1 Å². The summed E-state index contributed by atoms with van der Waals surface area (Å²) < 4.78 is 11.0. The number of methoxy groups -OCH3 is 2. The molecule has 1 aromatic heterocycles. The smallest absolute Gasteiger partial charge is 0.225 e. The van der Waals surface area contributed by atoms with Gasteiger partial charge < -0.3 is 15.2 Å². The van der Waals surface area contributed by atoms with E-state index in [4.69, 9.17) is 15.2 Å². The molecule has 1 amide bonds. The van der Waals surface area contributed by atoms with E-state index < -0.39 is 5.41 Å². The largest absolute Gasteiger partial charge is 0.493 e. The van der Waals surface area contributed by atoms with E-state index in [0.717, 1.165) is 41.0 Å². The van der Waals surface area contributed by atoms with Gasteiger partial charge in [0.15, 0.2) is 11.5 Å². The second-order valence-corrected chi connectivity index (χ2v) is 8.37. The third-order valence-corrected chi connectivity index (χ3v) is 6.32. The minimum Gasteiger partial charge on any atom is -0.493 e. The minimum atomic E-state index is -0.594. The van der Waals surface area contributed by atoms with Crippen LogP contribution in [0.1, 0.15) is 17.5 Å². The molecule has 166 valence electrons. The summed E-state index contributed by atoms with van der Waals surface area (Å²) in [6.07, 6.45) is 4.92. The summed E-state index contributed by atoms with van der Waals surface area (Å²) in [6, 6.07) is 18.2. The number of para-hydroxylation sites is 1. The van der Waals surface area contributed by atoms with Crippen LogP contribution in [0.3, 0.4) is 0 Å². The first-order chi connectivity index (χ1) is 15.5. The first-order valence-corrected chi connectivity index (χ1v) is 10.8. The molecular formula is C26H29N3O3. The van der Waals surface area contributed by atoms with Gasteiger partial charge in [-0.1, -0.05) is 36.4 Å². The van der Waals surface area contributed by atoms with Crippen molar-refractivity contribution in [3.05, 3.63) is 78.1 Å². The number of pyridine rings is 1. The number of carbonyl (C=O) groups excluding carboxylic acids is 1. The number of likely N-dealkylation sites (tertiary alicyclic amines) is 1. The van der Waals surface area contributed by atoms with Gasteiger partial charge in [0.25, 0.3) is 0 Å². The zero-order valence-corrected chi connectivity index (χ0v) is 18.6. The van der Waals surface area contributed by atoms with Gasteiger partial charge in [-0.3, -0.25) is 14.7 Å². The number of amides is 1. The van der Waals surface area contributed by atoms with E-state index in [0.29, 0.717) is 25.3 Å². The highest BCUT2D eigenvalue weighted by Crippen LogP contribution is 2.38. The van der Waals surface area contributed by atoms with Gasteiger partial charge in [-0.15, -0.1) is 0 Å². The Morgan fingerprint density at radius 1 is 1.06 bits per heavy atom. The molecule has 2 aromatic carbocycles. The van der Waals surface area contributed by atoms with Crippen molar-refractivity contribution in [2.75, 3.05) is 27.3 Å². The van der Waals surface area contributed by atoms with E-state index in [1.165, 1.54) is 0 Å². The standard InChI is InChI=1S/C26H29N3O3/c1-31-23-8-4-7-22(24(23)32-2)17-29-14-11-26(18-29,25(27)30)16-19-5-3-6-21(15-19)20-9-12-28-13-10-20/h3-10,12-13,15H,11,14,16-18H2,1-2H3,(H2,27,30). The number of benzene rings is 2. The second-order valence-electron chi connectivity index (χ2n) is 8.37. The van der Waals surface area contributed by atoms with Gasteiger partial charge in [0.1, 0.15) is 0 Å². The molecule has 6 nitrogen and oxygen atoms in total. The quantitative estimate of drug-likeness (QED) is 0.589. The van der Waals surface area contributed by atoms with E-state index in [2.05, 4.69) is 28.1 Å². The lowest BCUT2D eigenvalue weighted by atomic mass is 9.79. The van der Waals surface area contributed by atoms with Crippen molar-refractivity contribution in [3.8, 4) is 22.6 Å². The number of hydrogen-bond donors (Lipinski definition) is 1. The normalized spacial score (nSPS) is 18.4. The van der Waals surface area contributed by atoms with E-state index in [-0.39, 0.29) is 5.91 Å². The maximum Gasteiger partial charge on any atom is 0.225 e. The summed E-state index contributed by atoms with van der Waals surface area (Å²) in [5.74, 6) is 1.20. The van der Waals surface area contributed by atoms with E-state index >= 15 is 0 Å². The molecule has 2 N–H and O–H groups in total. The Balaban J connectivity index is 1.53. The van der Waals surface area contributed by atoms with Gasteiger partial charge in [-0.05, 0) is 54.3 Å². The van der Waals surface area contributed by atoms with Gasteiger partial charge in [-0.2, -0.15) is 0 Å². The van der Waals surface area contributed by atoms with Crippen LogP contribution in [-0.2, 0) is 17.8 Å². The lowest BCUT2D eigenvalue weighted by Crippen LogP contribution is -2.41. The average Bonchev–Trinajstić information content (AvgIpc) is 3.23. The summed E-state index contributed by atoms with van der Waals surface area (Å²) in [7, 11) is 3.28. The molecule has 0 spiro atoms. The van der Waals surface area contributed by atoms with Crippen molar-refractivity contribution in [1.29, 1.82) is 0 Å². The number of nitrogens with zero attached hydrogens (tertiary/aromatic N) is 2. The van der Waals surface area contributed by atoms with Crippen molar-refractivity contribution < 1.29 is 14.3 Å². The molecule has 1 atom stereocenters. The first-order valence-electron chi connectivity index (χ1n) is 10.8. The van der Waals surface area contributed by atoms with Crippen LogP contribution < -0.4 is 15.2 Å². The van der Waals surface area contributed by atoms with Crippen LogP contribution in [0.5, 0.6) is 11.5 Å². The summed E-state index contributed by atoms with van der Waals surface area (Å²) in [5.41, 5.74) is 9.73. The monoisotopic (exact) mass is 431 g/mol. The van der Waals surface area contributed by atoms with E-state index in [9.17, 15) is 4.79 Å². The summed E-state index contributed by atoms with van der Waals surface area (Å²) in [5, 5.41) is 0. The molecule has 0 aliphatic carbocycles. The number of hydrogen-bond acceptors (Lipinski definition) is 5. The van der Waals surface area contributed by atoms with Crippen LogP contribution in [0.4, 0.5) is 0 Å². The number of nitrogens with two attached hydrogens (primary N) is 1. The third kappa shape index (κ3) is 4.46. The minimum absolute atomic E-state index is 0.244. The first kappa shape index (κ1) is 21.8. The SMILES string of the molecule is COc1cccc(CN2CCC(Cc3cccc(-c4ccncc4)c3)(C(N)=O)C2)c1OC. The zero-order chi connectivity index (χ0) is 22.6. The Bertz CT molecular complexity index is 1090. The number of aromatic nitrogens is 1. The maximum atomic E-state index is 12.6. The molecule has 1 saturated heterocycles. The summed E-state index contributed by atoms with van der Waals surface area (Å²) in [6.45, 7) is 2.09. The summed E-state index contributed by atoms with van der Waals surface area (Å²) >= 11 is 0. The third-order valence-electron chi connectivity index (χ3n) is 6.32. The fourth-order valence-corrected chi connectivity index (χ4v) is 4.64. The topological polar surface area (TPSA) is 77.7 Å². The molecule has 6 heteroatoms. The van der Waals surface area contributed by atoms with Crippen molar-refractivity contribution >= 4 is 5.91 Å². The van der Waals surface area contributed by atoms with Crippen LogP contribution in [-0.4, -0.2) is 43.1 Å². The van der Waals surface area contributed by atoms with Crippen LogP contribution >= 0.6 is 0 Å². The molecule has 1 fully saturated rings. The molecular weight excluding hydrogens is 402 g/mol. The van der Waals surface area contributed by atoms with Gasteiger partial charge in [0.2, 0.25) is 5.91 Å². The molecule has 2 heterocycles. The number of ether oxygens (including phenoxy) is 2. The van der Waals surface area contributed by atoms with Gasteiger partial charge >= 0.3 is 0 Å². The number of primary amides is 1. The predicted molar refractivity (Wildman–Crippen MR) is 124 cm³/mol. The highest BCUT2D eigenvalue weighted by molar-refractivity contribution is 5.82. The Morgan fingerprint density at radius 2 is 1.84 bits per heavy atom. The van der Waals surface area contributed by atoms with Crippen LogP contribution in [0.15, 0.2) is 67.0 Å². The molecule has 1 aliphatic heterocycles. The molecule has 0 bridgehead atoms. The zero-order valence-electron chi connectivity index (χ0n) is 18.6. The number of rotatable bonds is 8. The number of carbonyl (C=O) groups is 1. The second kappa shape index (κ2) is 9.40. The molecule has 4 rings (SSSR count). The Kier molecular flexibility index (Phi) is 6.42. The highest BCUT2D eigenvalue weighted by Gasteiger charge is 2.43. The molecule has 0 saturated carbocycles. The fraction of sp³-hybridized carbons (Fsp3) is 0.308. The molecule has 3 aromatic rings. The molecule has 0 radical (unpaired) electrons. The Hall–Kier alpha value is -3.38. The van der Waals surface area contributed by atoms with Crippen molar-refractivity contribution in [3.63, 3.8) is 0 Å². The Morgan fingerprint density at radius 3 is 2.56 bits per heavy atom. The van der Waals surface area contributed by atoms with Gasteiger partial charge in [0.05, 0.1) is 19.6 Å². The highest BCUT2D eigenvalue weighted by atomic mass is 16.5. The van der Waals surface area contributed by atoms with Crippen LogP contribution in [0.2, 0.25) is 0 Å². The van der Waals surface area contributed by atoms with Crippen LogP contribution in [0.25, 0.3) is 11.1 Å². The van der Waals surface area contributed by atoms with Crippen LogP contribution in [0, 0.1) is 5.41 Å². The van der Waals surface area contributed by atoms with Gasteiger partial charge in [-0.25, -0.2) is 0 Å². The summed E-state index contributed by atoms with van der Waals surface area (Å²) in [4.78, 5) is 19.0. The lowest BCUT2D eigenvalue weighted by Gasteiger charge is -2.27. The Labute approximate surface area is 189 Å².